The topological polar surface area (TPSA) is 59.1 Å². The van der Waals surface area contributed by atoms with Gasteiger partial charge in [0, 0.05) is 19.1 Å². The Hall–Kier alpha value is -1.59. The number of nitrogens with zero attached hydrogens (tertiary/aromatic N) is 1. The first-order valence-corrected chi connectivity index (χ1v) is 6.89. The maximum atomic E-state index is 12.0. The molecule has 1 saturated heterocycles. The van der Waals surface area contributed by atoms with Crippen LogP contribution in [0.1, 0.15) is 30.6 Å². The minimum Gasteiger partial charge on any atom is -0.371 e. The number of hydrogen-bond donors (Lipinski definition) is 2. The minimum absolute atomic E-state index is 0.0114. The lowest BCUT2D eigenvalue weighted by Gasteiger charge is -2.23. The fourth-order valence-corrected chi connectivity index (χ4v) is 2.82. The van der Waals surface area contributed by atoms with Crippen LogP contribution in [0.15, 0.2) is 23.0 Å². The van der Waals surface area contributed by atoms with Crippen LogP contribution in [0.25, 0.3) is 11.0 Å². The Bertz CT molecular complexity index is 663. The molecule has 2 aliphatic rings. The van der Waals surface area contributed by atoms with Crippen molar-refractivity contribution >= 4 is 11.0 Å². The van der Waals surface area contributed by atoms with E-state index in [2.05, 4.69) is 16.4 Å². The Kier molecular flexibility index (Phi) is 2.50. The van der Waals surface area contributed by atoms with Gasteiger partial charge in [-0.25, -0.2) is 4.79 Å². The van der Waals surface area contributed by atoms with Gasteiger partial charge >= 0.3 is 5.69 Å². The molecule has 1 atom stereocenters. The second kappa shape index (κ2) is 4.21. The third-order valence-corrected chi connectivity index (χ3v) is 3.95. The van der Waals surface area contributed by atoms with E-state index in [1.807, 2.05) is 16.7 Å². The number of aromatic nitrogens is 2. The van der Waals surface area contributed by atoms with Crippen LogP contribution >= 0.6 is 0 Å². The van der Waals surface area contributed by atoms with Gasteiger partial charge in [0.2, 0.25) is 0 Å². The molecule has 4 rings (SSSR count). The summed E-state index contributed by atoms with van der Waals surface area (Å²) in [6, 6.07) is 6.57. The fourth-order valence-electron chi connectivity index (χ4n) is 2.82. The van der Waals surface area contributed by atoms with Crippen molar-refractivity contribution in [2.45, 2.75) is 25.0 Å². The molecule has 1 saturated carbocycles. The van der Waals surface area contributed by atoms with Crippen molar-refractivity contribution in [3.63, 3.8) is 0 Å². The number of rotatable bonds is 2. The number of nitrogens with one attached hydrogen (secondary N) is 2. The molecule has 5 heteroatoms. The average Bonchev–Trinajstić information content (AvgIpc) is 3.21. The molecule has 100 valence electrons. The van der Waals surface area contributed by atoms with Gasteiger partial charge in [0.05, 0.1) is 23.7 Å². The maximum absolute atomic E-state index is 12.0. The van der Waals surface area contributed by atoms with E-state index in [1.165, 1.54) is 0 Å². The van der Waals surface area contributed by atoms with E-state index >= 15 is 0 Å². The van der Waals surface area contributed by atoms with Gasteiger partial charge in [-0.2, -0.15) is 0 Å². The molecular weight excluding hydrogens is 242 g/mol. The molecule has 1 aliphatic carbocycles. The molecule has 0 bridgehead atoms. The van der Waals surface area contributed by atoms with Crippen LogP contribution in [0.3, 0.4) is 0 Å². The van der Waals surface area contributed by atoms with E-state index in [1.54, 1.807) is 0 Å². The summed E-state index contributed by atoms with van der Waals surface area (Å²) in [5.41, 5.74) is 3.07. The Morgan fingerprint density at radius 3 is 2.95 bits per heavy atom. The first-order valence-electron chi connectivity index (χ1n) is 6.89. The van der Waals surface area contributed by atoms with E-state index in [-0.39, 0.29) is 11.8 Å². The molecule has 2 N–H and O–H groups in total. The predicted octanol–water partition coefficient (Wildman–Crippen LogP) is 1.33. The third kappa shape index (κ3) is 1.89. The molecule has 0 spiro atoms. The molecule has 0 amide bonds. The van der Waals surface area contributed by atoms with Crippen molar-refractivity contribution in [3.05, 3.63) is 34.2 Å². The monoisotopic (exact) mass is 259 g/mol. The van der Waals surface area contributed by atoms with Gasteiger partial charge in [-0.15, -0.1) is 0 Å². The average molecular weight is 259 g/mol. The molecule has 0 radical (unpaired) electrons. The summed E-state index contributed by atoms with van der Waals surface area (Å²) in [6.07, 6.45) is 2.32. The molecule has 2 aromatic rings. The fraction of sp³-hybridized carbons (Fsp3) is 0.500. The maximum Gasteiger partial charge on any atom is 0.326 e. The second-order valence-electron chi connectivity index (χ2n) is 5.37. The third-order valence-electron chi connectivity index (χ3n) is 3.95. The Labute approximate surface area is 110 Å². The van der Waals surface area contributed by atoms with Gasteiger partial charge in [-0.1, -0.05) is 6.07 Å². The van der Waals surface area contributed by atoms with Crippen molar-refractivity contribution in [1.82, 2.24) is 14.9 Å². The number of fused-ring (bicyclic) bond motifs is 1. The van der Waals surface area contributed by atoms with E-state index < -0.39 is 0 Å². The zero-order valence-electron chi connectivity index (χ0n) is 10.7. The van der Waals surface area contributed by atoms with Crippen molar-refractivity contribution in [2.24, 2.45) is 0 Å². The van der Waals surface area contributed by atoms with Crippen molar-refractivity contribution in [1.29, 1.82) is 0 Å². The first kappa shape index (κ1) is 11.3. The van der Waals surface area contributed by atoms with Gasteiger partial charge in [0.15, 0.2) is 0 Å². The van der Waals surface area contributed by atoms with Gasteiger partial charge in [0.1, 0.15) is 0 Å². The molecule has 1 aliphatic heterocycles. The van der Waals surface area contributed by atoms with Crippen molar-refractivity contribution in [3.8, 4) is 0 Å². The van der Waals surface area contributed by atoms with Crippen molar-refractivity contribution < 1.29 is 4.74 Å². The number of morpholine rings is 1. The number of H-pyrrole nitrogens is 1. The standard InChI is InChI=1S/C14H17N3O2/c18-14-16-11-7-9(13-8-15-5-6-19-13)1-4-12(11)17(14)10-2-3-10/h1,4,7,10,13,15H,2-3,5-6,8H2,(H,16,18). The van der Waals surface area contributed by atoms with E-state index in [4.69, 9.17) is 4.74 Å². The summed E-state index contributed by atoms with van der Waals surface area (Å²) >= 11 is 0. The summed E-state index contributed by atoms with van der Waals surface area (Å²) < 4.78 is 7.64. The highest BCUT2D eigenvalue weighted by Gasteiger charge is 2.27. The first-order chi connectivity index (χ1) is 9.33. The largest absolute Gasteiger partial charge is 0.371 e. The van der Waals surface area contributed by atoms with Crippen LogP contribution in [-0.2, 0) is 4.74 Å². The quantitative estimate of drug-likeness (QED) is 0.855. The van der Waals surface area contributed by atoms with Crippen LogP contribution in [-0.4, -0.2) is 29.2 Å². The lowest BCUT2D eigenvalue weighted by molar-refractivity contribution is 0.0278. The Balaban J connectivity index is 1.77. The summed E-state index contributed by atoms with van der Waals surface area (Å²) in [6.45, 7) is 2.48. The van der Waals surface area contributed by atoms with E-state index in [0.717, 1.165) is 49.1 Å². The number of ether oxygens (including phenoxy) is 1. The minimum atomic E-state index is 0.0114. The second-order valence-corrected chi connectivity index (χ2v) is 5.37. The molecule has 1 unspecified atom stereocenters. The van der Waals surface area contributed by atoms with Gasteiger partial charge in [0.25, 0.3) is 0 Å². The molecule has 2 fully saturated rings. The zero-order valence-corrected chi connectivity index (χ0v) is 10.7. The number of imidazole rings is 1. The molecular formula is C14H17N3O2. The highest BCUT2D eigenvalue weighted by molar-refractivity contribution is 5.76. The van der Waals surface area contributed by atoms with Gasteiger partial charge in [-0.3, -0.25) is 4.57 Å². The summed E-state index contributed by atoms with van der Waals surface area (Å²) in [5, 5.41) is 3.32. The summed E-state index contributed by atoms with van der Waals surface area (Å²) in [4.78, 5) is 14.9. The van der Waals surface area contributed by atoms with E-state index in [9.17, 15) is 4.79 Å². The lowest BCUT2D eigenvalue weighted by atomic mass is 10.1. The van der Waals surface area contributed by atoms with Crippen LogP contribution in [0.5, 0.6) is 0 Å². The molecule has 2 heterocycles. The molecule has 1 aromatic carbocycles. The summed E-state index contributed by atoms with van der Waals surface area (Å²) in [7, 11) is 0. The number of benzene rings is 1. The van der Waals surface area contributed by atoms with E-state index in [0.29, 0.717) is 6.04 Å². The van der Waals surface area contributed by atoms with Crippen molar-refractivity contribution in [2.75, 3.05) is 19.7 Å². The highest BCUT2D eigenvalue weighted by Crippen LogP contribution is 2.36. The Morgan fingerprint density at radius 1 is 1.32 bits per heavy atom. The molecule has 19 heavy (non-hydrogen) atoms. The number of hydrogen-bond acceptors (Lipinski definition) is 3. The number of aromatic amines is 1. The lowest BCUT2D eigenvalue weighted by Crippen LogP contribution is -2.33. The molecule has 5 nitrogen and oxygen atoms in total. The smallest absolute Gasteiger partial charge is 0.326 e. The zero-order chi connectivity index (χ0) is 12.8. The van der Waals surface area contributed by atoms with Gasteiger partial charge in [-0.05, 0) is 30.5 Å². The van der Waals surface area contributed by atoms with Crippen LogP contribution in [0.4, 0.5) is 0 Å². The van der Waals surface area contributed by atoms with Crippen LogP contribution in [0.2, 0.25) is 0 Å². The highest BCUT2D eigenvalue weighted by atomic mass is 16.5. The van der Waals surface area contributed by atoms with Crippen LogP contribution in [0, 0.1) is 0 Å². The Morgan fingerprint density at radius 2 is 2.21 bits per heavy atom. The van der Waals surface area contributed by atoms with Crippen LogP contribution < -0.4 is 11.0 Å². The predicted molar refractivity (Wildman–Crippen MR) is 72.4 cm³/mol. The van der Waals surface area contributed by atoms with Gasteiger partial charge < -0.3 is 15.0 Å². The normalized spacial score (nSPS) is 23.9. The SMILES string of the molecule is O=c1[nH]c2cc(C3CNCCO3)ccc2n1C1CC1. The molecule has 1 aromatic heterocycles. The summed E-state index contributed by atoms with van der Waals surface area (Å²) in [5.74, 6) is 0.